The predicted molar refractivity (Wildman–Crippen MR) is 70.3 cm³/mol. The van der Waals surface area contributed by atoms with Crippen LogP contribution in [0.1, 0.15) is 13.8 Å². The Morgan fingerprint density at radius 3 is 1.25 bits per heavy atom. The first-order valence-corrected chi connectivity index (χ1v) is 7.27. The highest BCUT2D eigenvalue weighted by Gasteiger charge is 1.90. The SMILES string of the molecule is C=C(C)C(=O)O.C=C(C)C(=O)O.C[SiH2]O[SiH3]. The van der Waals surface area contributed by atoms with E-state index >= 15 is 0 Å². The van der Waals surface area contributed by atoms with E-state index in [0.717, 1.165) is 10.5 Å². The molecule has 0 saturated heterocycles. The topological polar surface area (TPSA) is 83.8 Å². The highest BCUT2D eigenvalue weighted by atomic mass is 28.3. The number of carbonyl (C=O) groups is 2. The number of carboxylic acids is 2. The Bertz CT molecular complexity index is 200. The lowest BCUT2D eigenvalue weighted by Crippen LogP contribution is -1.92. The lowest BCUT2D eigenvalue weighted by molar-refractivity contribution is -0.133. The molecule has 2 N–H and O–H groups in total. The second-order valence-electron chi connectivity index (χ2n) is 2.75. The first kappa shape index (κ1) is 20.3. The molecule has 0 rings (SSSR count). The third-order valence-electron chi connectivity index (χ3n) is 1.02. The van der Waals surface area contributed by atoms with E-state index in [2.05, 4.69) is 19.7 Å². The summed E-state index contributed by atoms with van der Waals surface area (Å²) in [6, 6.07) is 0. The summed E-state index contributed by atoms with van der Waals surface area (Å²) in [5, 5.41) is 15.8. The van der Waals surface area contributed by atoms with Crippen LogP contribution in [-0.2, 0) is 13.7 Å². The van der Waals surface area contributed by atoms with Gasteiger partial charge in [-0.25, -0.2) is 9.59 Å². The standard InChI is InChI=1S/2C4H6O2.CH8OSi2/c2*1-3(2)4(5)6;1-4-2-3/h2*1H2,2H3,(H,5,6);4H2,1,3H3. The Balaban J connectivity index is -0.000000162. The minimum atomic E-state index is -0.935. The summed E-state index contributed by atoms with van der Waals surface area (Å²) in [5.41, 5.74) is 0.352. The Kier molecular flexibility index (Phi) is 17.5. The number of hydrogen-bond acceptors (Lipinski definition) is 3. The number of hydrogen-bond donors (Lipinski definition) is 2. The molecule has 0 aliphatic heterocycles. The molecule has 0 atom stereocenters. The molecule has 94 valence electrons. The molecule has 16 heavy (non-hydrogen) atoms. The van der Waals surface area contributed by atoms with Gasteiger partial charge in [0, 0.05) is 11.1 Å². The number of rotatable bonds is 3. The summed E-state index contributed by atoms with van der Waals surface area (Å²) >= 11 is 0. The largest absolute Gasteiger partial charge is 0.478 e. The summed E-state index contributed by atoms with van der Waals surface area (Å²) in [5.74, 6) is -1.87. The van der Waals surface area contributed by atoms with Gasteiger partial charge in [0.05, 0.1) is 0 Å². The van der Waals surface area contributed by atoms with Crippen molar-refractivity contribution in [2.24, 2.45) is 0 Å². The summed E-state index contributed by atoms with van der Waals surface area (Å²) < 4.78 is 4.82. The summed E-state index contributed by atoms with van der Waals surface area (Å²) in [6.07, 6.45) is 0. The van der Waals surface area contributed by atoms with E-state index in [0.29, 0.717) is 0 Å². The fourth-order valence-corrected chi connectivity index (χ4v) is 0. The van der Waals surface area contributed by atoms with Crippen LogP contribution in [0.25, 0.3) is 0 Å². The average molecular weight is 264 g/mol. The second kappa shape index (κ2) is 13.8. The maximum atomic E-state index is 9.60. The van der Waals surface area contributed by atoms with E-state index in [-0.39, 0.29) is 20.9 Å². The van der Waals surface area contributed by atoms with Crippen molar-refractivity contribution in [3.63, 3.8) is 0 Å². The maximum absolute atomic E-state index is 9.60. The molecule has 0 aliphatic carbocycles. The predicted octanol–water partition coefficient (Wildman–Crippen LogP) is -0.291. The first-order chi connectivity index (χ1) is 7.20. The molecule has 0 radical (unpaired) electrons. The smallest absolute Gasteiger partial charge is 0.330 e. The van der Waals surface area contributed by atoms with Crippen molar-refractivity contribution in [2.45, 2.75) is 20.4 Å². The second-order valence-corrected chi connectivity index (χ2v) is 5.64. The minimum Gasteiger partial charge on any atom is -0.478 e. The van der Waals surface area contributed by atoms with Crippen LogP contribution in [0.3, 0.4) is 0 Å². The van der Waals surface area contributed by atoms with Crippen LogP contribution in [0.15, 0.2) is 24.3 Å². The third-order valence-corrected chi connectivity index (χ3v) is 3.33. The molecule has 0 amide bonds. The molecule has 5 nitrogen and oxygen atoms in total. The van der Waals surface area contributed by atoms with Gasteiger partial charge in [-0.1, -0.05) is 19.7 Å². The summed E-state index contributed by atoms with van der Waals surface area (Å²) in [7, 11) is 0.938. The summed E-state index contributed by atoms with van der Waals surface area (Å²) in [4.78, 5) is 19.2. The number of aliphatic carboxylic acids is 2. The molecule has 0 fully saturated rings. The average Bonchev–Trinajstić information content (AvgIpc) is 2.18. The highest BCUT2D eigenvalue weighted by Crippen LogP contribution is 1.81. The van der Waals surface area contributed by atoms with Crippen LogP contribution in [0.4, 0.5) is 0 Å². The van der Waals surface area contributed by atoms with Gasteiger partial charge in [0.25, 0.3) is 0 Å². The van der Waals surface area contributed by atoms with Gasteiger partial charge in [-0.05, 0) is 13.8 Å². The molecular formula is C9H20O5Si2. The Morgan fingerprint density at radius 2 is 1.25 bits per heavy atom. The van der Waals surface area contributed by atoms with Gasteiger partial charge in [-0.2, -0.15) is 0 Å². The first-order valence-electron chi connectivity index (χ1n) is 4.47. The van der Waals surface area contributed by atoms with Crippen LogP contribution in [0.5, 0.6) is 0 Å². The quantitative estimate of drug-likeness (QED) is 0.540. The monoisotopic (exact) mass is 264 g/mol. The Hall–Kier alpha value is -1.19. The fourth-order valence-electron chi connectivity index (χ4n) is 0. The number of carboxylic acid groups (broad SMARTS) is 2. The molecule has 0 saturated carbocycles. The van der Waals surface area contributed by atoms with E-state index in [1.807, 2.05) is 0 Å². The molecule has 0 spiro atoms. The fraction of sp³-hybridized carbons (Fsp3) is 0.333. The van der Waals surface area contributed by atoms with Gasteiger partial charge in [-0.15, -0.1) is 0 Å². The van der Waals surface area contributed by atoms with Gasteiger partial charge >= 0.3 is 11.9 Å². The molecule has 0 aromatic rings. The van der Waals surface area contributed by atoms with Crippen molar-refractivity contribution in [1.82, 2.24) is 0 Å². The lowest BCUT2D eigenvalue weighted by atomic mass is 10.4. The van der Waals surface area contributed by atoms with Crippen molar-refractivity contribution >= 4 is 32.2 Å². The van der Waals surface area contributed by atoms with E-state index in [4.69, 9.17) is 14.3 Å². The zero-order chi connectivity index (χ0) is 13.7. The van der Waals surface area contributed by atoms with Gasteiger partial charge in [-0.3, -0.25) is 0 Å². The molecule has 0 unspecified atom stereocenters. The van der Waals surface area contributed by atoms with Gasteiger partial charge in [0.2, 0.25) is 0 Å². The van der Waals surface area contributed by atoms with Crippen molar-refractivity contribution < 1.29 is 23.9 Å². The molecule has 0 aromatic heterocycles. The van der Waals surface area contributed by atoms with Crippen LogP contribution in [0, 0.1) is 0 Å². The van der Waals surface area contributed by atoms with Crippen molar-refractivity contribution in [3.8, 4) is 0 Å². The van der Waals surface area contributed by atoms with E-state index in [1.165, 1.54) is 13.8 Å². The van der Waals surface area contributed by atoms with Crippen LogP contribution in [0.2, 0.25) is 6.55 Å². The molecule has 0 aliphatic rings. The van der Waals surface area contributed by atoms with Gasteiger partial charge in [0.15, 0.2) is 0 Å². The summed E-state index contributed by atoms with van der Waals surface area (Å²) in [6.45, 7) is 11.3. The normalized spacial score (nSPS) is 8.44. The van der Waals surface area contributed by atoms with Crippen LogP contribution in [-0.4, -0.2) is 42.4 Å². The zero-order valence-electron chi connectivity index (χ0n) is 10.2. The maximum Gasteiger partial charge on any atom is 0.330 e. The van der Waals surface area contributed by atoms with E-state index in [1.54, 1.807) is 0 Å². The van der Waals surface area contributed by atoms with E-state index in [9.17, 15) is 9.59 Å². The third kappa shape index (κ3) is 29.3. The zero-order valence-corrected chi connectivity index (χ0v) is 13.7. The van der Waals surface area contributed by atoms with Crippen LogP contribution < -0.4 is 0 Å². The van der Waals surface area contributed by atoms with Crippen molar-refractivity contribution in [2.75, 3.05) is 0 Å². The Morgan fingerprint density at radius 1 is 1.12 bits per heavy atom. The van der Waals surface area contributed by atoms with Crippen molar-refractivity contribution in [3.05, 3.63) is 24.3 Å². The van der Waals surface area contributed by atoms with Gasteiger partial charge in [0.1, 0.15) is 20.2 Å². The Labute approximate surface area is 101 Å². The molecule has 0 aromatic carbocycles. The molecular weight excluding hydrogens is 244 g/mol. The van der Waals surface area contributed by atoms with Crippen molar-refractivity contribution in [1.29, 1.82) is 0 Å². The van der Waals surface area contributed by atoms with Crippen LogP contribution >= 0.6 is 0 Å². The minimum absolute atomic E-state index is 0.0139. The van der Waals surface area contributed by atoms with Gasteiger partial charge < -0.3 is 14.3 Å². The molecule has 0 bridgehead atoms. The molecule has 7 heteroatoms. The highest BCUT2D eigenvalue weighted by molar-refractivity contribution is 6.32. The lowest BCUT2D eigenvalue weighted by Gasteiger charge is -1.79. The molecule has 0 heterocycles. The van der Waals surface area contributed by atoms with E-state index < -0.39 is 11.9 Å².